The van der Waals surface area contributed by atoms with E-state index in [0.717, 1.165) is 0 Å². The number of carbonyl (C=O) groups excluding carboxylic acids is 1. The molecule has 21 heavy (non-hydrogen) atoms. The van der Waals surface area contributed by atoms with E-state index in [9.17, 15) is 14.7 Å². The number of hydrogen-bond acceptors (Lipinski definition) is 4. The molecule has 0 aliphatic carbocycles. The fourth-order valence-corrected chi connectivity index (χ4v) is 1.76. The molecule has 6 nitrogen and oxygen atoms in total. The Balaban J connectivity index is 2.79. The number of ether oxygens (including phenoxy) is 1. The molecule has 1 aromatic rings. The molecule has 0 saturated heterocycles. The zero-order chi connectivity index (χ0) is 16.0. The lowest BCUT2D eigenvalue weighted by Gasteiger charge is -2.18. The van der Waals surface area contributed by atoms with Crippen LogP contribution in [0.1, 0.15) is 32.8 Å². The minimum Gasteiger partial charge on any atom is -0.494 e. The van der Waals surface area contributed by atoms with Crippen LogP contribution in [-0.4, -0.2) is 28.7 Å². The normalized spacial score (nSPS) is 11.0. The van der Waals surface area contributed by atoms with Gasteiger partial charge in [0.25, 0.3) is 0 Å². The van der Waals surface area contributed by atoms with Gasteiger partial charge >= 0.3 is 5.97 Å². The number of aliphatic carboxylic acids is 1. The average molecular weight is 295 g/mol. The molecule has 0 saturated carbocycles. The standard InChI is InChI=1S/C15H21NO5/c1-4-21-12-6-5-11(7-10(12)9-17)16-13(18)8-15(2,3)14(19)20/h5-7,17H,4,8-9H2,1-3H3,(H,16,18)(H,19,20). The Morgan fingerprint density at radius 3 is 2.52 bits per heavy atom. The van der Waals surface area contributed by atoms with Gasteiger partial charge in [0.2, 0.25) is 5.91 Å². The molecule has 0 atom stereocenters. The third kappa shape index (κ3) is 4.75. The van der Waals surface area contributed by atoms with Gasteiger partial charge in [0.05, 0.1) is 18.6 Å². The van der Waals surface area contributed by atoms with Gasteiger partial charge in [-0.25, -0.2) is 0 Å². The quantitative estimate of drug-likeness (QED) is 0.715. The maximum Gasteiger partial charge on any atom is 0.309 e. The molecule has 1 amide bonds. The fraction of sp³-hybridized carbons (Fsp3) is 0.467. The molecule has 0 bridgehead atoms. The number of aliphatic hydroxyl groups excluding tert-OH is 1. The van der Waals surface area contributed by atoms with Crippen molar-refractivity contribution in [3.05, 3.63) is 23.8 Å². The lowest BCUT2D eigenvalue weighted by molar-refractivity contribution is -0.148. The second-order valence-corrected chi connectivity index (χ2v) is 5.33. The number of hydrogen-bond donors (Lipinski definition) is 3. The summed E-state index contributed by atoms with van der Waals surface area (Å²) in [5.74, 6) is -0.861. The lowest BCUT2D eigenvalue weighted by Crippen LogP contribution is -2.29. The predicted molar refractivity (Wildman–Crippen MR) is 78.2 cm³/mol. The van der Waals surface area contributed by atoms with Crippen molar-refractivity contribution in [1.29, 1.82) is 0 Å². The van der Waals surface area contributed by atoms with Crippen molar-refractivity contribution in [3.8, 4) is 5.75 Å². The van der Waals surface area contributed by atoms with Crippen molar-refractivity contribution in [1.82, 2.24) is 0 Å². The van der Waals surface area contributed by atoms with Crippen LogP contribution in [-0.2, 0) is 16.2 Å². The summed E-state index contributed by atoms with van der Waals surface area (Å²) < 4.78 is 5.35. The number of amides is 1. The van der Waals surface area contributed by atoms with Crippen LogP contribution in [0.25, 0.3) is 0 Å². The summed E-state index contributed by atoms with van der Waals surface area (Å²) in [5, 5.41) is 20.9. The Kier molecular flexibility index (Phi) is 5.72. The van der Waals surface area contributed by atoms with Crippen LogP contribution in [0.15, 0.2) is 18.2 Å². The Labute approximate surface area is 123 Å². The highest BCUT2D eigenvalue weighted by atomic mass is 16.5. The number of carboxylic acids is 1. The molecule has 3 N–H and O–H groups in total. The van der Waals surface area contributed by atoms with E-state index >= 15 is 0 Å². The summed E-state index contributed by atoms with van der Waals surface area (Å²) in [6, 6.07) is 4.92. The molecular weight excluding hydrogens is 274 g/mol. The number of carboxylic acid groups (broad SMARTS) is 1. The number of aliphatic hydroxyl groups is 1. The minimum atomic E-state index is -1.13. The molecule has 0 aromatic heterocycles. The summed E-state index contributed by atoms with van der Waals surface area (Å²) >= 11 is 0. The van der Waals surface area contributed by atoms with Crippen molar-refractivity contribution >= 4 is 17.6 Å². The number of anilines is 1. The largest absolute Gasteiger partial charge is 0.494 e. The van der Waals surface area contributed by atoms with E-state index in [1.165, 1.54) is 13.8 Å². The van der Waals surface area contributed by atoms with Gasteiger partial charge in [-0.2, -0.15) is 0 Å². The van der Waals surface area contributed by atoms with E-state index in [-0.39, 0.29) is 13.0 Å². The SMILES string of the molecule is CCOc1ccc(NC(=O)CC(C)(C)C(=O)O)cc1CO. The van der Waals surface area contributed by atoms with Gasteiger partial charge in [0.15, 0.2) is 0 Å². The molecule has 0 fully saturated rings. The predicted octanol–water partition coefficient (Wildman–Crippen LogP) is 2.02. The van der Waals surface area contributed by atoms with Gasteiger partial charge in [0.1, 0.15) is 5.75 Å². The van der Waals surface area contributed by atoms with Crippen LogP contribution in [0.4, 0.5) is 5.69 Å². The molecule has 0 spiro atoms. The van der Waals surface area contributed by atoms with E-state index in [2.05, 4.69) is 5.32 Å². The molecule has 1 rings (SSSR count). The Bertz CT molecular complexity index is 525. The van der Waals surface area contributed by atoms with Gasteiger partial charge < -0.3 is 20.3 Å². The highest BCUT2D eigenvalue weighted by molar-refractivity contribution is 5.94. The van der Waals surface area contributed by atoms with Gasteiger partial charge in [-0.15, -0.1) is 0 Å². The molecule has 0 heterocycles. The summed E-state index contributed by atoms with van der Waals surface area (Å²) in [4.78, 5) is 22.9. The van der Waals surface area contributed by atoms with Crippen LogP contribution in [0, 0.1) is 5.41 Å². The first-order chi connectivity index (χ1) is 9.80. The van der Waals surface area contributed by atoms with E-state index in [1.54, 1.807) is 18.2 Å². The molecule has 0 aliphatic heterocycles. The summed E-state index contributed by atoms with van der Waals surface area (Å²) in [5.41, 5.74) is -0.0735. The third-order valence-corrected chi connectivity index (χ3v) is 3.00. The van der Waals surface area contributed by atoms with E-state index < -0.39 is 17.3 Å². The van der Waals surface area contributed by atoms with Crippen LogP contribution in [0.5, 0.6) is 5.75 Å². The first kappa shape index (κ1) is 17.0. The molecule has 0 aliphatic rings. The Morgan fingerprint density at radius 2 is 2.00 bits per heavy atom. The summed E-state index contributed by atoms with van der Waals surface area (Å²) in [6.07, 6.45) is -0.135. The van der Waals surface area contributed by atoms with E-state index in [4.69, 9.17) is 9.84 Å². The molecular formula is C15H21NO5. The van der Waals surface area contributed by atoms with Gasteiger partial charge in [-0.3, -0.25) is 9.59 Å². The maximum atomic E-state index is 11.9. The van der Waals surface area contributed by atoms with Crippen molar-refractivity contribution in [2.24, 2.45) is 5.41 Å². The Morgan fingerprint density at radius 1 is 1.33 bits per heavy atom. The first-order valence-corrected chi connectivity index (χ1v) is 6.70. The van der Waals surface area contributed by atoms with Crippen molar-refractivity contribution < 1.29 is 24.5 Å². The minimum absolute atomic E-state index is 0.135. The van der Waals surface area contributed by atoms with Crippen molar-refractivity contribution in [3.63, 3.8) is 0 Å². The molecule has 6 heteroatoms. The van der Waals surface area contributed by atoms with E-state index in [0.29, 0.717) is 23.6 Å². The van der Waals surface area contributed by atoms with Gasteiger partial charge in [-0.05, 0) is 39.0 Å². The zero-order valence-corrected chi connectivity index (χ0v) is 12.5. The molecule has 1 aromatic carbocycles. The molecule has 0 unspecified atom stereocenters. The third-order valence-electron chi connectivity index (χ3n) is 3.00. The van der Waals surface area contributed by atoms with Crippen LogP contribution >= 0.6 is 0 Å². The monoisotopic (exact) mass is 295 g/mol. The first-order valence-electron chi connectivity index (χ1n) is 6.70. The van der Waals surface area contributed by atoms with Crippen LogP contribution in [0.2, 0.25) is 0 Å². The topological polar surface area (TPSA) is 95.9 Å². The van der Waals surface area contributed by atoms with Gasteiger partial charge in [-0.1, -0.05) is 0 Å². The average Bonchev–Trinajstić information content (AvgIpc) is 2.39. The van der Waals surface area contributed by atoms with Crippen LogP contribution < -0.4 is 10.1 Å². The highest BCUT2D eigenvalue weighted by Crippen LogP contribution is 2.25. The summed E-state index contributed by atoms with van der Waals surface area (Å²) in [6.45, 7) is 5.09. The smallest absolute Gasteiger partial charge is 0.309 e. The fourth-order valence-electron chi connectivity index (χ4n) is 1.76. The second-order valence-electron chi connectivity index (χ2n) is 5.33. The van der Waals surface area contributed by atoms with Crippen LogP contribution in [0.3, 0.4) is 0 Å². The zero-order valence-electron chi connectivity index (χ0n) is 12.5. The number of benzene rings is 1. The van der Waals surface area contributed by atoms with Crippen molar-refractivity contribution in [2.45, 2.75) is 33.8 Å². The summed E-state index contributed by atoms with van der Waals surface area (Å²) in [7, 11) is 0. The Hall–Kier alpha value is -2.08. The number of nitrogens with one attached hydrogen (secondary N) is 1. The van der Waals surface area contributed by atoms with Crippen molar-refractivity contribution in [2.75, 3.05) is 11.9 Å². The maximum absolute atomic E-state index is 11.9. The molecule has 0 radical (unpaired) electrons. The number of carbonyl (C=O) groups is 2. The second kappa shape index (κ2) is 7.08. The van der Waals surface area contributed by atoms with E-state index in [1.807, 2.05) is 6.92 Å². The highest BCUT2D eigenvalue weighted by Gasteiger charge is 2.30. The lowest BCUT2D eigenvalue weighted by atomic mass is 9.89. The van der Waals surface area contributed by atoms with Gasteiger partial charge in [0, 0.05) is 17.7 Å². The molecule has 116 valence electrons. The number of rotatable bonds is 7.